The zero-order chi connectivity index (χ0) is 6.57. The average molecular weight is 133 g/mol. The van der Waals surface area contributed by atoms with Gasteiger partial charge in [-0.15, -0.1) is 0 Å². The number of carbonyl (C=O) groups is 1. The van der Waals surface area contributed by atoms with Gasteiger partial charge < -0.3 is 10.5 Å². The maximum atomic E-state index is 10.3. The first kappa shape index (κ1) is 7.98. The van der Waals surface area contributed by atoms with Crippen LogP contribution < -0.4 is 5.73 Å². The Morgan fingerprint density at radius 2 is 2.38 bits per heavy atom. The van der Waals surface area contributed by atoms with Crippen molar-refractivity contribution >= 4 is 18.4 Å². The van der Waals surface area contributed by atoms with Crippen molar-refractivity contribution < 1.29 is 4.79 Å². The maximum absolute atomic E-state index is 10.3. The van der Waals surface area contributed by atoms with Crippen molar-refractivity contribution in [2.75, 3.05) is 0 Å². The molecule has 0 aliphatic heterocycles. The number of Topliss-reactive ketones (excluding diaryl/α,β-unsaturated/α-hetero) is 1. The lowest BCUT2D eigenvalue weighted by atomic mass is 10.2. The van der Waals surface area contributed by atoms with Gasteiger partial charge in [0, 0.05) is 11.8 Å². The standard InChI is InChI=1S/C5H11NOS/c1-4(7)2-3-5(6)8/h5,8H,2-3,6H2,1H3. The molecule has 8 heavy (non-hydrogen) atoms. The van der Waals surface area contributed by atoms with Crippen LogP contribution >= 0.6 is 12.6 Å². The van der Waals surface area contributed by atoms with Gasteiger partial charge in [-0.2, -0.15) is 12.6 Å². The molecule has 0 rings (SSSR count). The lowest BCUT2D eigenvalue weighted by molar-refractivity contribution is -0.117. The number of thiol groups is 1. The molecule has 1 unspecified atom stereocenters. The molecule has 0 heterocycles. The zero-order valence-corrected chi connectivity index (χ0v) is 5.82. The third kappa shape index (κ3) is 5.98. The van der Waals surface area contributed by atoms with Crippen LogP contribution in [0.5, 0.6) is 0 Å². The normalized spacial score (nSPS) is 13.4. The van der Waals surface area contributed by atoms with Crippen LogP contribution in [-0.2, 0) is 4.79 Å². The molecule has 0 saturated carbocycles. The van der Waals surface area contributed by atoms with Crippen LogP contribution in [0.2, 0.25) is 0 Å². The van der Waals surface area contributed by atoms with Gasteiger partial charge in [0.1, 0.15) is 5.78 Å². The molecule has 0 aromatic rings. The van der Waals surface area contributed by atoms with Gasteiger partial charge in [-0.3, -0.25) is 0 Å². The fourth-order valence-electron chi connectivity index (χ4n) is 0.351. The van der Waals surface area contributed by atoms with Gasteiger partial charge in [0.05, 0.1) is 0 Å². The third-order valence-corrected chi connectivity index (χ3v) is 1.05. The molecule has 0 bridgehead atoms. The van der Waals surface area contributed by atoms with Crippen molar-refractivity contribution in [2.24, 2.45) is 5.73 Å². The first-order valence-corrected chi connectivity index (χ1v) is 3.07. The summed E-state index contributed by atoms with van der Waals surface area (Å²) in [6.45, 7) is 1.55. The molecule has 0 radical (unpaired) electrons. The van der Waals surface area contributed by atoms with Gasteiger partial charge in [-0.05, 0) is 13.3 Å². The van der Waals surface area contributed by atoms with Crippen molar-refractivity contribution in [1.82, 2.24) is 0 Å². The lowest BCUT2D eigenvalue weighted by Crippen LogP contribution is -2.12. The number of hydrogen-bond donors (Lipinski definition) is 2. The summed E-state index contributed by atoms with van der Waals surface area (Å²) in [5, 5.41) is -0.140. The molecule has 0 amide bonds. The smallest absolute Gasteiger partial charge is 0.129 e. The highest BCUT2D eigenvalue weighted by Crippen LogP contribution is 1.97. The Morgan fingerprint density at radius 3 is 2.50 bits per heavy atom. The van der Waals surface area contributed by atoms with Gasteiger partial charge in [0.15, 0.2) is 0 Å². The lowest BCUT2D eigenvalue weighted by Gasteiger charge is -1.98. The van der Waals surface area contributed by atoms with Crippen LogP contribution in [0.1, 0.15) is 19.8 Å². The average Bonchev–Trinajstić information content (AvgIpc) is 1.61. The second kappa shape index (κ2) is 3.92. The van der Waals surface area contributed by atoms with Crippen LogP contribution in [0.15, 0.2) is 0 Å². The molecule has 3 heteroatoms. The van der Waals surface area contributed by atoms with Crippen LogP contribution in [0.25, 0.3) is 0 Å². The Bertz CT molecular complexity index is 82.5. The second-order valence-electron chi connectivity index (χ2n) is 1.81. The predicted octanol–water partition coefficient (Wildman–Crippen LogP) is 0.570. The molecule has 1 atom stereocenters. The molecule has 0 spiro atoms. The minimum atomic E-state index is -0.140. The Labute approximate surface area is 54.9 Å². The predicted molar refractivity (Wildman–Crippen MR) is 36.9 cm³/mol. The van der Waals surface area contributed by atoms with Gasteiger partial charge >= 0.3 is 0 Å². The molecule has 0 aliphatic rings. The molecule has 0 fully saturated rings. The van der Waals surface area contributed by atoms with Gasteiger partial charge in [0.2, 0.25) is 0 Å². The molecule has 0 aliphatic carbocycles. The van der Waals surface area contributed by atoms with E-state index in [2.05, 4.69) is 12.6 Å². The molecule has 0 saturated heterocycles. The van der Waals surface area contributed by atoms with Crippen molar-refractivity contribution in [3.8, 4) is 0 Å². The fourth-order valence-corrected chi connectivity index (χ4v) is 0.480. The Balaban J connectivity index is 3.05. The molecular weight excluding hydrogens is 122 g/mol. The maximum Gasteiger partial charge on any atom is 0.129 e. The van der Waals surface area contributed by atoms with E-state index in [1.165, 1.54) is 0 Å². The van der Waals surface area contributed by atoms with E-state index in [1.54, 1.807) is 6.92 Å². The fraction of sp³-hybridized carbons (Fsp3) is 0.800. The van der Waals surface area contributed by atoms with Crippen molar-refractivity contribution in [3.05, 3.63) is 0 Å². The second-order valence-corrected chi connectivity index (χ2v) is 2.47. The highest BCUT2D eigenvalue weighted by Gasteiger charge is 1.96. The summed E-state index contributed by atoms with van der Waals surface area (Å²) in [6, 6.07) is 0. The quantitative estimate of drug-likeness (QED) is 0.436. The number of hydrogen-bond acceptors (Lipinski definition) is 3. The van der Waals surface area contributed by atoms with E-state index >= 15 is 0 Å². The molecule has 2 N–H and O–H groups in total. The van der Waals surface area contributed by atoms with Crippen molar-refractivity contribution in [3.63, 3.8) is 0 Å². The summed E-state index contributed by atoms with van der Waals surface area (Å²) in [5.74, 6) is 0.175. The van der Waals surface area contributed by atoms with Crippen LogP contribution in [-0.4, -0.2) is 11.2 Å². The molecule has 2 nitrogen and oxygen atoms in total. The summed E-state index contributed by atoms with van der Waals surface area (Å²) in [5.41, 5.74) is 5.25. The number of rotatable bonds is 3. The molecule has 48 valence electrons. The van der Waals surface area contributed by atoms with Crippen LogP contribution in [0, 0.1) is 0 Å². The van der Waals surface area contributed by atoms with E-state index in [0.717, 1.165) is 0 Å². The van der Waals surface area contributed by atoms with E-state index in [0.29, 0.717) is 12.8 Å². The Morgan fingerprint density at radius 1 is 1.88 bits per heavy atom. The van der Waals surface area contributed by atoms with Crippen molar-refractivity contribution in [2.45, 2.75) is 25.1 Å². The summed E-state index contributed by atoms with van der Waals surface area (Å²) in [7, 11) is 0. The first-order chi connectivity index (χ1) is 3.63. The summed E-state index contributed by atoms with van der Waals surface area (Å²) >= 11 is 3.90. The molecule has 0 aromatic heterocycles. The molecule has 0 aromatic carbocycles. The van der Waals surface area contributed by atoms with Crippen LogP contribution in [0.4, 0.5) is 0 Å². The summed E-state index contributed by atoms with van der Waals surface area (Å²) in [4.78, 5) is 10.3. The first-order valence-electron chi connectivity index (χ1n) is 2.56. The van der Waals surface area contributed by atoms with E-state index in [9.17, 15) is 4.79 Å². The van der Waals surface area contributed by atoms with E-state index in [1.807, 2.05) is 0 Å². The summed E-state index contributed by atoms with van der Waals surface area (Å²) < 4.78 is 0. The van der Waals surface area contributed by atoms with E-state index in [-0.39, 0.29) is 11.2 Å². The van der Waals surface area contributed by atoms with Crippen LogP contribution in [0.3, 0.4) is 0 Å². The number of carbonyl (C=O) groups excluding carboxylic acids is 1. The van der Waals surface area contributed by atoms with E-state index in [4.69, 9.17) is 5.73 Å². The molecular formula is C5H11NOS. The largest absolute Gasteiger partial charge is 0.320 e. The SMILES string of the molecule is CC(=O)CCC(N)S. The minimum absolute atomic E-state index is 0.140. The Kier molecular flexibility index (Phi) is 3.91. The highest BCUT2D eigenvalue weighted by molar-refractivity contribution is 7.80. The third-order valence-electron chi connectivity index (χ3n) is 0.792. The Hall–Kier alpha value is -0.0200. The van der Waals surface area contributed by atoms with Crippen molar-refractivity contribution in [1.29, 1.82) is 0 Å². The highest BCUT2D eigenvalue weighted by atomic mass is 32.1. The van der Waals surface area contributed by atoms with Gasteiger partial charge in [-0.1, -0.05) is 0 Å². The monoisotopic (exact) mass is 133 g/mol. The van der Waals surface area contributed by atoms with Gasteiger partial charge in [-0.25, -0.2) is 0 Å². The number of ketones is 1. The number of nitrogens with two attached hydrogens (primary N) is 1. The van der Waals surface area contributed by atoms with Gasteiger partial charge in [0.25, 0.3) is 0 Å². The minimum Gasteiger partial charge on any atom is -0.320 e. The summed E-state index contributed by atoms with van der Waals surface area (Å²) in [6.07, 6.45) is 1.23. The topological polar surface area (TPSA) is 43.1 Å². The zero-order valence-electron chi connectivity index (χ0n) is 4.92. The van der Waals surface area contributed by atoms with E-state index < -0.39 is 0 Å².